The highest BCUT2D eigenvalue weighted by Crippen LogP contribution is 2.18. The van der Waals surface area contributed by atoms with Crippen molar-refractivity contribution < 1.29 is 19.5 Å². The number of carboxylic acid groups (broad SMARTS) is 1. The third kappa shape index (κ3) is 7.79. The molecular formula is C23H27NO4. The first-order chi connectivity index (χ1) is 13.6. The molecule has 1 aromatic carbocycles. The molecule has 1 N–H and O–H groups in total. The van der Waals surface area contributed by atoms with E-state index in [2.05, 4.69) is 11.8 Å². The third-order valence-electron chi connectivity index (χ3n) is 4.65. The number of carbonyl (C=O) groups is 3. The molecule has 1 saturated heterocycles. The molecule has 1 aromatic rings. The number of rotatable bonds is 8. The maximum Gasteiger partial charge on any atom is 0.303 e. The fourth-order valence-corrected chi connectivity index (χ4v) is 3.15. The zero-order valence-corrected chi connectivity index (χ0v) is 16.1. The molecule has 0 radical (unpaired) electrons. The molecule has 2 rings (SSSR count). The van der Waals surface area contributed by atoms with E-state index < -0.39 is 5.97 Å². The number of likely N-dealkylation sites (tertiary alicyclic amines) is 1. The Morgan fingerprint density at radius 2 is 1.96 bits per heavy atom. The first-order valence-corrected chi connectivity index (χ1v) is 9.78. The van der Waals surface area contributed by atoms with Crippen molar-refractivity contribution in [2.45, 2.75) is 57.4 Å². The molecule has 1 aliphatic heterocycles. The number of hydrogen-bond donors (Lipinski definition) is 1. The molecule has 0 bridgehead atoms. The molecule has 0 saturated carbocycles. The summed E-state index contributed by atoms with van der Waals surface area (Å²) in [6.07, 6.45) is 8.00. The van der Waals surface area contributed by atoms with E-state index >= 15 is 0 Å². The number of hydrogen-bond acceptors (Lipinski definition) is 3. The SMILES string of the molecule is O=C(O)CCCC#CCN1C(=O)CCCCC1/C=C/C(=O)Cc1ccccc1. The minimum Gasteiger partial charge on any atom is -0.481 e. The van der Waals surface area contributed by atoms with Gasteiger partial charge in [0.2, 0.25) is 5.91 Å². The minimum atomic E-state index is -0.824. The van der Waals surface area contributed by atoms with Crippen LogP contribution in [0.4, 0.5) is 0 Å². The lowest BCUT2D eigenvalue weighted by atomic mass is 10.1. The van der Waals surface area contributed by atoms with E-state index in [-0.39, 0.29) is 24.2 Å². The molecule has 1 amide bonds. The molecule has 1 fully saturated rings. The first-order valence-electron chi connectivity index (χ1n) is 9.78. The van der Waals surface area contributed by atoms with Gasteiger partial charge in [0.05, 0.1) is 12.6 Å². The van der Waals surface area contributed by atoms with Gasteiger partial charge in [0.1, 0.15) is 0 Å². The molecule has 0 aromatic heterocycles. The van der Waals surface area contributed by atoms with Crippen molar-refractivity contribution in [1.29, 1.82) is 0 Å². The number of nitrogens with zero attached hydrogens (tertiary/aromatic N) is 1. The van der Waals surface area contributed by atoms with Gasteiger partial charge in [-0.15, -0.1) is 5.92 Å². The van der Waals surface area contributed by atoms with Crippen LogP contribution in [-0.4, -0.2) is 40.3 Å². The van der Waals surface area contributed by atoms with Crippen molar-refractivity contribution in [3.8, 4) is 11.8 Å². The molecule has 28 heavy (non-hydrogen) atoms. The van der Waals surface area contributed by atoms with Crippen molar-refractivity contribution in [1.82, 2.24) is 4.90 Å². The fraction of sp³-hybridized carbons (Fsp3) is 0.435. The Morgan fingerprint density at radius 3 is 2.71 bits per heavy atom. The number of benzene rings is 1. The van der Waals surface area contributed by atoms with Crippen LogP contribution in [0.25, 0.3) is 0 Å². The van der Waals surface area contributed by atoms with E-state index in [1.54, 1.807) is 11.0 Å². The highest BCUT2D eigenvalue weighted by molar-refractivity contribution is 5.91. The number of amides is 1. The molecule has 5 nitrogen and oxygen atoms in total. The van der Waals surface area contributed by atoms with Crippen LogP contribution in [0.2, 0.25) is 0 Å². The Balaban J connectivity index is 1.94. The van der Waals surface area contributed by atoms with Crippen molar-refractivity contribution >= 4 is 17.7 Å². The van der Waals surface area contributed by atoms with Crippen molar-refractivity contribution in [3.63, 3.8) is 0 Å². The highest BCUT2D eigenvalue weighted by atomic mass is 16.4. The van der Waals surface area contributed by atoms with Crippen molar-refractivity contribution in [3.05, 3.63) is 48.0 Å². The maximum absolute atomic E-state index is 12.4. The second-order valence-electron chi connectivity index (χ2n) is 6.92. The number of allylic oxidation sites excluding steroid dienone is 1. The lowest BCUT2D eigenvalue weighted by Gasteiger charge is -2.26. The van der Waals surface area contributed by atoms with Gasteiger partial charge in [-0.1, -0.05) is 48.7 Å². The average molecular weight is 381 g/mol. The summed E-state index contributed by atoms with van der Waals surface area (Å²) in [4.78, 5) is 36.9. The van der Waals surface area contributed by atoms with Crippen LogP contribution in [0.1, 0.15) is 50.5 Å². The molecule has 1 unspecified atom stereocenters. The Hall–Kier alpha value is -2.87. The standard InChI is InChI=1S/C23H27NO4/c25-21(18-19-10-4-3-5-11-19)16-15-20-12-7-8-13-22(26)24(20)17-9-2-1-6-14-23(27)28/h3-5,10-11,15-16,20H,1,6-8,12-14,17-18H2,(H,27,28)/b16-15+. The van der Waals surface area contributed by atoms with Gasteiger partial charge < -0.3 is 10.0 Å². The predicted molar refractivity (Wildman–Crippen MR) is 108 cm³/mol. The van der Waals surface area contributed by atoms with E-state index in [1.165, 1.54) is 0 Å². The van der Waals surface area contributed by atoms with Crippen LogP contribution in [0, 0.1) is 11.8 Å². The Labute approximate surface area is 166 Å². The largest absolute Gasteiger partial charge is 0.481 e. The van der Waals surface area contributed by atoms with E-state index in [9.17, 15) is 14.4 Å². The average Bonchev–Trinajstić information content (AvgIpc) is 2.85. The van der Waals surface area contributed by atoms with E-state index in [4.69, 9.17) is 5.11 Å². The quantitative estimate of drug-likeness (QED) is 0.426. The monoisotopic (exact) mass is 381 g/mol. The zero-order valence-electron chi connectivity index (χ0n) is 16.1. The van der Waals surface area contributed by atoms with Crippen LogP contribution in [-0.2, 0) is 20.8 Å². The highest BCUT2D eigenvalue weighted by Gasteiger charge is 2.23. The number of carboxylic acids is 1. The summed E-state index contributed by atoms with van der Waals surface area (Å²) in [5, 5.41) is 8.64. The van der Waals surface area contributed by atoms with Gasteiger partial charge in [0.25, 0.3) is 0 Å². The van der Waals surface area contributed by atoms with E-state index in [0.717, 1.165) is 24.8 Å². The topological polar surface area (TPSA) is 74.7 Å². The Morgan fingerprint density at radius 1 is 1.18 bits per heavy atom. The second kappa shape index (κ2) is 11.8. The molecule has 1 heterocycles. The van der Waals surface area contributed by atoms with Crippen molar-refractivity contribution in [2.24, 2.45) is 0 Å². The summed E-state index contributed by atoms with van der Waals surface area (Å²) in [6.45, 7) is 0.313. The van der Waals surface area contributed by atoms with Gasteiger partial charge in [-0.2, -0.15) is 0 Å². The Bertz CT molecular complexity index is 758. The molecule has 0 spiro atoms. The molecule has 148 valence electrons. The summed E-state index contributed by atoms with van der Waals surface area (Å²) in [6, 6.07) is 9.46. The molecule has 1 atom stereocenters. The number of carbonyl (C=O) groups excluding carboxylic acids is 2. The van der Waals surface area contributed by atoms with Crippen LogP contribution >= 0.6 is 0 Å². The van der Waals surface area contributed by atoms with Crippen LogP contribution < -0.4 is 0 Å². The van der Waals surface area contributed by atoms with Crippen LogP contribution in [0.3, 0.4) is 0 Å². The van der Waals surface area contributed by atoms with Gasteiger partial charge in [-0.3, -0.25) is 14.4 Å². The van der Waals surface area contributed by atoms with Gasteiger partial charge >= 0.3 is 5.97 Å². The van der Waals surface area contributed by atoms with Crippen LogP contribution in [0.5, 0.6) is 0 Å². The minimum absolute atomic E-state index is 0.0163. The van der Waals surface area contributed by atoms with Crippen molar-refractivity contribution in [2.75, 3.05) is 6.54 Å². The van der Waals surface area contributed by atoms with E-state index in [0.29, 0.717) is 32.2 Å². The third-order valence-corrected chi connectivity index (χ3v) is 4.65. The first kappa shape index (κ1) is 21.4. The second-order valence-corrected chi connectivity index (χ2v) is 6.92. The predicted octanol–water partition coefficient (Wildman–Crippen LogP) is 3.38. The summed E-state index contributed by atoms with van der Waals surface area (Å²) in [5.74, 6) is 5.19. The smallest absolute Gasteiger partial charge is 0.303 e. The number of ketones is 1. The maximum atomic E-state index is 12.4. The van der Waals surface area contributed by atoms with Gasteiger partial charge in [0.15, 0.2) is 5.78 Å². The Kier molecular flexibility index (Phi) is 9.00. The lowest BCUT2D eigenvalue weighted by Crippen LogP contribution is -2.38. The number of unbranched alkanes of at least 4 members (excludes halogenated alkanes) is 1. The van der Waals surface area contributed by atoms with E-state index in [1.807, 2.05) is 36.4 Å². The fourth-order valence-electron chi connectivity index (χ4n) is 3.15. The molecular weight excluding hydrogens is 354 g/mol. The van der Waals surface area contributed by atoms with Gasteiger partial charge in [-0.05, 0) is 30.9 Å². The lowest BCUT2D eigenvalue weighted by molar-refractivity contribution is -0.137. The number of aliphatic carboxylic acids is 1. The van der Waals surface area contributed by atoms with Crippen LogP contribution in [0.15, 0.2) is 42.5 Å². The molecule has 1 aliphatic rings. The summed E-state index contributed by atoms with van der Waals surface area (Å²) in [7, 11) is 0. The summed E-state index contributed by atoms with van der Waals surface area (Å²) in [5.41, 5.74) is 0.971. The summed E-state index contributed by atoms with van der Waals surface area (Å²) < 4.78 is 0. The van der Waals surface area contributed by atoms with Gasteiger partial charge in [0, 0.05) is 25.7 Å². The zero-order chi connectivity index (χ0) is 20.2. The molecule has 0 aliphatic carbocycles. The normalized spacial score (nSPS) is 17.1. The molecule has 5 heteroatoms. The summed E-state index contributed by atoms with van der Waals surface area (Å²) >= 11 is 0. The van der Waals surface area contributed by atoms with Gasteiger partial charge in [-0.25, -0.2) is 0 Å².